The lowest BCUT2D eigenvalue weighted by Gasteiger charge is -2.33. The standard InChI is InChI=1S/C28H31ClFN3O4S/c1-20(27(35)31-28(2,3)4)32(18-21-10-8-9-13-25(21)29)26(34)19-33(23-11-6-5-7-12-23)38(36,37)24-16-14-22(30)15-17-24/h5-17,20H,18-19H2,1-4H3,(H,31,35)/t20-/m1/s1. The number of sulfonamides is 1. The maximum Gasteiger partial charge on any atom is 0.264 e. The van der Waals surface area contributed by atoms with Crippen LogP contribution < -0.4 is 9.62 Å². The van der Waals surface area contributed by atoms with Gasteiger partial charge in [-0.25, -0.2) is 12.8 Å². The minimum Gasteiger partial charge on any atom is -0.350 e. The minimum atomic E-state index is -4.26. The fourth-order valence-electron chi connectivity index (χ4n) is 3.72. The van der Waals surface area contributed by atoms with Gasteiger partial charge in [-0.15, -0.1) is 0 Å². The molecule has 0 unspecified atom stereocenters. The Balaban J connectivity index is 2.02. The number of nitrogens with one attached hydrogen (secondary N) is 1. The van der Waals surface area contributed by atoms with Crippen molar-refractivity contribution in [1.82, 2.24) is 10.2 Å². The van der Waals surface area contributed by atoms with E-state index in [1.54, 1.807) is 61.5 Å². The molecule has 202 valence electrons. The zero-order valence-corrected chi connectivity index (χ0v) is 23.3. The number of hydrogen-bond donors (Lipinski definition) is 1. The van der Waals surface area contributed by atoms with Gasteiger partial charge in [0.05, 0.1) is 10.6 Å². The predicted molar refractivity (Wildman–Crippen MR) is 147 cm³/mol. The summed E-state index contributed by atoms with van der Waals surface area (Å²) in [5.41, 5.74) is 0.298. The molecule has 0 fully saturated rings. The number of hydrogen-bond acceptors (Lipinski definition) is 4. The van der Waals surface area contributed by atoms with Crippen LogP contribution in [0, 0.1) is 5.82 Å². The summed E-state index contributed by atoms with van der Waals surface area (Å²) in [6.45, 7) is 6.44. The molecule has 0 radical (unpaired) electrons. The maximum absolute atomic E-state index is 13.8. The molecule has 0 heterocycles. The number of amides is 2. The van der Waals surface area contributed by atoms with Crippen molar-refractivity contribution in [3.05, 3.63) is 95.3 Å². The Bertz CT molecular complexity index is 1380. The van der Waals surface area contributed by atoms with E-state index in [1.807, 2.05) is 20.8 Å². The molecule has 3 aromatic rings. The van der Waals surface area contributed by atoms with Crippen molar-refractivity contribution in [3.63, 3.8) is 0 Å². The van der Waals surface area contributed by atoms with Crippen LogP contribution in [0.3, 0.4) is 0 Å². The zero-order valence-electron chi connectivity index (χ0n) is 21.7. The summed E-state index contributed by atoms with van der Waals surface area (Å²) in [5, 5.41) is 3.28. The van der Waals surface area contributed by atoms with E-state index in [4.69, 9.17) is 11.6 Å². The van der Waals surface area contributed by atoms with Crippen LogP contribution in [0.5, 0.6) is 0 Å². The zero-order chi connectivity index (χ0) is 28.1. The third-order valence-electron chi connectivity index (χ3n) is 5.69. The Morgan fingerprint density at radius 3 is 2.11 bits per heavy atom. The van der Waals surface area contributed by atoms with Gasteiger partial charge in [0.25, 0.3) is 10.0 Å². The molecule has 0 bridgehead atoms. The molecule has 10 heteroatoms. The summed E-state index contributed by atoms with van der Waals surface area (Å²) in [4.78, 5) is 28.0. The third-order valence-corrected chi connectivity index (χ3v) is 7.85. The van der Waals surface area contributed by atoms with Crippen LogP contribution in [0.4, 0.5) is 10.1 Å². The Hall–Kier alpha value is -3.43. The van der Waals surface area contributed by atoms with Gasteiger partial charge >= 0.3 is 0 Å². The van der Waals surface area contributed by atoms with Gasteiger partial charge in [-0.3, -0.25) is 13.9 Å². The van der Waals surface area contributed by atoms with E-state index in [9.17, 15) is 22.4 Å². The molecule has 1 N–H and O–H groups in total. The van der Waals surface area contributed by atoms with Crippen LogP contribution in [-0.2, 0) is 26.2 Å². The Kier molecular flexibility index (Phi) is 9.17. The molecule has 0 spiro atoms. The van der Waals surface area contributed by atoms with E-state index in [1.165, 1.54) is 4.90 Å². The first-order valence-electron chi connectivity index (χ1n) is 12.0. The van der Waals surface area contributed by atoms with E-state index in [0.717, 1.165) is 28.6 Å². The first-order valence-corrected chi connectivity index (χ1v) is 13.8. The van der Waals surface area contributed by atoms with Crippen molar-refractivity contribution in [3.8, 4) is 0 Å². The lowest BCUT2D eigenvalue weighted by atomic mass is 10.1. The lowest BCUT2D eigenvalue weighted by Crippen LogP contribution is -2.54. The van der Waals surface area contributed by atoms with E-state index < -0.39 is 45.8 Å². The quantitative estimate of drug-likeness (QED) is 0.399. The number of para-hydroxylation sites is 1. The highest BCUT2D eigenvalue weighted by Gasteiger charge is 2.33. The highest BCUT2D eigenvalue weighted by molar-refractivity contribution is 7.92. The molecule has 1 atom stereocenters. The topological polar surface area (TPSA) is 86.8 Å². The van der Waals surface area contributed by atoms with Crippen LogP contribution >= 0.6 is 11.6 Å². The predicted octanol–water partition coefficient (Wildman–Crippen LogP) is 5.01. The first kappa shape index (κ1) is 29.1. The molecule has 3 aromatic carbocycles. The summed E-state index contributed by atoms with van der Waals surface area (Å²) >= 11 is 6.36. The fraction of sp³-hybridized carbons (Fsp3) is 0.286. The minimum absolute atomic E-state index is 0.0174. The molecule has 38 heavy (non-hydrogen) atoms. The monoisotopic (exact) mass is 559 g/mol. The molecule has 0 aliphatic carbocycles. The second-order valence-electron chi connectivity index (χ2n) is 9.83. The number of anilines is 1. The van der Waals surface area contributed by atoms with Crippen molar-refractivity contribution in [2.24, 2.45) is 0 Å². The van der Waals surface area contributed by atoms with E-state index >= 15 is 0 Å². The van der Waals surface area contributed by atoms with Crippen molar-refractivity contribution >= 4 is 39.1 Å². The Morgan fingerprint density at radius 2 is 1.53 bits per heavy atom. The van der Waals surface area contributed by atoms with Gasteiger partial charge in [-0.2, -0.15) is 0 Å². The largest absolute Gasteiger partial charge is 0.350 e. The molecule has 0 saturated heterocycles. The number of carbonyl (C=O) groups is 2. The Morgan fingerprint density at radius 1 is 0.947 bits per heavy atom. The maximum atomic E-state index is 13.8. The molecular formula is C28H31ClFN3O4S. The number of benzene rings is 3. The average molecular weight is 560 g/mol. The van der Waals surface area contributed by atoms with Crippen molar-refractivity contribution < 1.29 is 22.4 Å². The molecule has 7 nitrogen and oxygen atoms in total. The summed E-state index contributed by atoms with van der Waals surface area (Å²) in [6, 6.07) is 18.5. The molecule has 3 rings (SSSR count). The first-order chi connectivity index (χ1) is 17.8. The molecule has 0 aliphatic heterocycles. The number of rotatable bonds is 9. The molecule has 0 aliphatic rings. The normalized spacial score (nSPS) is 12.5. The molecule has 0 saturated carbocycles. The van der Waals surface area contributed by atoms with Gasteiger partial charge in [-0.05, 0) is 75.7 Å². The smallest absolute Gasteiger partial charge is 0.264 e. The van der Waals surface area contributed by atoms with Crippen molar-refractivity contribution in [2.45, 2.75) is 50.7 Å². The van der Waals surface area contributed by atoms with E-state index in [-0.39, 0.29) is 17.1 Å². The van der Waals surface area contributed by atoms with Gasteiger partial charge < -0.3 is 10.2 Å². The van der Waals surface area contributed by atoms with Crippen LogP contribution in [0.25, 0.3) is 0 Å². The number of carbonyl (C=O) groups excluding carboxylic acids is 2. The summed E-state index contributed by atoms with van der Waals surface area (Å²) in [6.07, 6.45) is 0. The second-order valence-corrected chi connectivity index (χ2v) is 12.1. The van der Waals surface area contributed by atoms with Crippen LogP contribution in [0.1, 0.15) is 33.3 Å². The second kappa shape index (κ2) is 12.0. The van der Waals surface area contributed by atoms with Crippen LogP contribution in [0.2, 0.25) is 5.02 Å². The average Bonchev–Trinajstić information content (AvgIpc) is 2.86. The van der Waals surface area contributed by atoms with E-state index in [0.29, 0.717) is 10.6 Å². The molecule has 2 amide bonds. The SMILES string of the molecule is C[C@H](C(=O)NC(C)(C)C)N(Cc1ccccc1Cl)C(=O)CN(c1ccccc1)S(=O)(=O)c1ccc(F)cc1. The van der Waals surface area contributed by atoms with Gasteiger partial charge in [0.15, 0.2) is 0 Å². The number of nitrogens with zero attached hydrogens (tertiary/aromatic N) is 2. The lowest BCUT2D eigenvalue weighted by molar-refractivity contribution is -0.140. The fourth-order valence-corrected chi connectivity index (χ4v) is 5.33. The summed E-state index contributed by atoms with van der Waals surface area (Å²) in [5.74, 6) is -1.60. The summed E-state index contributed by atoms with van der Waals surface area (Å²) < 4.78 is 41.8. The van der Waals surface area contributed by atoms with Gasteiger partial charge in [0, 0.05) is 17.1 Å². The van der Waals surface area contributed by atoms with Crippen LogP contribution in [-0.4, -0.2) is 43.3 Å². The van der Waals surface area contributed by atoms with Crippen molar-refractivity contribution in [2.75, 3.05) is 10.8 Å². The van der Waals surface area contributed by atoms with Gasteiger partial charge in [-0.1, -0.05) is 48.0 Å². The highest BCUT2D eigenvalue weighted by Crippen LogP contribution is 2.25. The third kappa shape index (κ3) is 7.33. The van der Waals surface area contributed by atoms with E-state index in [2.05, 4.69) is 5.32 Å². The summed E-state index contributed by atoms with van der Waals surface area (Å²) in [7, 11) is -4.26. The number of halogens is 2. The van der Waals surface area contributed by atoms with Gasteiger partial charge in [0.1, 0.15) is 18.4 Å². The molecule has 0 aromatic heterocycles. The van der Waals surface area contributed by atoms with Gasteiger partial charge in [0.2, 0.25) is 11.8 Å². The molecular weight excluding hydrogens is 529 g/mol. The highest BCUT2D eigenvalue weighted by atomic mass is 35.5. The van der Waals surface area contributed by atoms with Crippen molar-refractivity contribution in [1.29, 1.82) is 0 Å². The van der Waals surface area contributed by atoms with Crippen LogP contribution in [0.15, 0.2) is 83.8 Å². The Labute approximate surface area is 228 Å².